The van der Waals surface area contributed by atoms with Crippen molar-refractivity contribution in [1.82, 2.24) is 9.88 Å². The van der Waals surface area contributed by atoms with E-state index in [9.17, 15) is 9.59 Å². The SMILES string of the molecule is Cc1cc(C(=O)N2CCc3nc(NC(=O)C4CCCO4)sc3C2)c(C)o1. The van der Waals surface area contributed by atoms with Crippen LogP contribution in [0.1, 0.15) is 45.3 Å². The van der Waals surface area contributed by atoms with E-state index in [4.69, 9.17) is 9.15 Å². The average molecular weight is 375 g/mol. The van der Waals surface area contributed by atoms with Crippen LogP contribution in [-0.2, 0) is 22.5 Å². The zero-order valence-corrected chi connectivity index (χ0v) is 15.6. The number of amides is 2. The van der Waals surface area contributed by atoms with Crippen molar-refractivity contribution in [3.8, 4) is 0 Å². The second kappa shape index (κ2) is 6.85. The van der Waals surface area contributed by atoms with Crippen molar-refractivity contribution >= 4 is 28.3 Å². The minimum atomic E-state index is -0.374. The van der Waals surface area contributed by atoms with E-state index in [0.717, 1.165) is 29.2 Å². The van der Waals surface area contributed by atoms with Crippen LogP contribution in [0, 0.1) is 13.8 Å². The van der Waals surface area contributed by atoms with Crippen molar-refractivity contribution in [1.29, 1.82) is 0 Å². The van der Waals surface area contributed by atoms with Crippen LogP contribution < -0.4 is 5.32 Å². The maximum atomic E-state index is 12.8. The van der Waals surface area contributed by atoms with E-state index in [1.807, 2.05) is 11.8 Å². The van der Waals surface area contributed by atoms with Gasteiger partial charge in [0.05, 0.1) is 17.8 Å². The van der Waals surface area contributed by atoms with Gasteiger partial charge in [0.25, 0.3) is 11.8 Å². The molecule has 1 unspecified atom stereocenters. The van der Waals surface area contributed by atoms with Gasteiger partial charge >= 0.3 is 0 Å². The minimum Gasteiger partial charge on any atom is -0.466 e. The molecular weight excluding hydrogens is 354 g/mol. The Morgan fingerprint density at radius 2 is 2.23 bits per heavy atom. The van der Waals surface area contributed by atoms with Gasteiger partial charge < -0.3 is 14.1 Å². The molecule has 0 saturated carbocycles. The van der Waals surface area contributed by atoms with E-state index in [0.29, 0.717) is 42.6 Å². The van der Waals surface area contributed by atoms with Crippen LogP contribution in [0.15, 0.2) is 10.5 Å². The Kier molecular flexibility index (Phi) is 4.54. The average Bonchev–Trinajstić information content (AvgIpc) is 3.32. The highest BCUT2D eigenvalue weighted by Gasteiger charge is 2.28. The summed E-state index contributed by atoms with van der Waals surface area (Å²) in [4.78, 5) is 32.3. The first-order chi connectivity index (χ1) is 12.5. The number of anilines is 1. The molecule has 7 nitrogen and oxygen atoms in total. The zero-order chi connectivity index (χ0) is 18.3. The van der Waals surface area contributed by atoms with Gasteiger partial charge in [-0.1, -0.05) is 11.3 Å². The molecule has 0 radical (unpaired) electrons. The number of hydrogen-bond acceptors (Lipinski definition) is 6. The van der Waals surface area contributed by atoms with Gasteiger partial charge in [-0.25, -0.2) is 4.98 Å². The molecule has 2 amide bonds. The number of nitrogens with one attached hydrogen (secondary N) is 1. The second-order valence-corrected chi connectivity index (χ2v) is 7.77. The third kappa shape index (κ3) is 3.26. The summed E-state index contributed by atoms with van der Waals surface area (Å²) in [5.74, 6) is 1.22. The van der Waals surface area contributed by atoms with Crippen LogP contribution in [0.25, 0.3) is 0 Å². The summed E-state index contributed by atoms with van der Waals surface area (Å²) < 4.78 is 10.9. The number of carbonyl (C=O) groups is 2. The Morgan fingerprint density at radius 3 is 2.92 bits per heavy atom. The lowest BCUT2D eigenvalue weighted by atomic mass is 10.1. The zero-order valence-electron chi connectivity index (χ0n) is 14.8. The predicted molar refractivity (Wildman–Crippen MR) is 96.3 cm³/mol. The first kappa shape index (κ1) is 17.2. The molecule has 138 valence electrons. The van der Waals surface area contributed by atoms with Gasteiger partial charge in [-0.2, -0.15) is 0 Å². The molecule has 2 aromatic heterocycles. The van der Waals surface area contributed by atoms with E-state index in [1.165, 1.54) is 11.3 Å². The van der Waals surface area contributed by atoms with Gasteiger partial charge in [0, 0.05) is 24.4 Å². The Bertz CT molecular complexity index is 851. The summed E-state index contributed by atoms with van der Waals surface area (Å²) in [6.07, 6.45) is 1.98. The van der Waals surface area contributed by atoms with Crippen molar-refractivity contribution in [2.24, 2.45) is 0 Å². The van der Waals surface area contributed by atoms with E-state index in [1.54, 1.807) is 13.0 Å². The van der Waals surface area contributed by atoms with Crippen LogP contribution in [0.2, 0.25) is 0 Å². The fourth-order valence-corrected chi connectivity index (χ4v) is 4.43. The van der Waals surface area contributed by atoms with Crippen molar-refractivity contribution < 1.29 is 18.7 Å². The van der Waals surface area contributed by atoms with E-state index < -0.39 is 0 Å². The second-order valence-electron chi connectivity index (χ2n) is 6.68. The molecule has 0 aromatic carbocycles. The third-order valence-corrected chi connectivity index (χ3v) is 5.74. The third-order valence-electron chi connectivity index (χ3n) is 4.74. The molecule has 1 saturated heterocycles. The van der Waals surface area contributed by atoms with Crippen molar-refractivity contribution in [2.75, 3.05) is 18.5 Å². The number of thiazole rings is 1. The van der Waals surface area contributed by atoms with Gasteiger partial charge in [-0.05, 0) is 32.8 Å². The smallest absolute Gasteiger partial charge is 0.257 e. The van der Waals surface area contributed by atoms with Crippen LogP contribution >= 0.6 is 11.3 Å². The summed E-state index contributed by atoms with van der Waals surface area (Å²) in [7, 11) is 0. The molecule has 4 heterocycles. The highest BCUT2D eigenvalue weighted by Crippen LogP contribution is 2.30. The molecule has 0 spiro atoms. The van der Waals surface area contributed by atoms with Gasteiger partial charge in [0.15, 0.2) is 5.13 Å². The van der Waals surface area contributed by atoms with Crippen molar-refractivity contribution in [3.63, 3.8) is 0 Å². The summed E-state index contributed by atoms with van der Waals surface area (Å²) >= 11 is 1.43. The number of ether oxygens (including phenoxy) is 1. The van der Waals surface area contributed by atoms with Crippen LogP contribution in [-0.4, -0.2) is 41.0 Å². The number of hydrogen-bond donors (Lipinski definition) is 1. The minimum absolute atomic E-state index is 0.0247. The number of aromatic nitrogens is 1. The fraction of sp³-hybridized carbons (Fsp3) is 0.500. The molecule has 0 aliphatic carbocycles. The molecule has 4 rings (SSSR count). The molecule has 1 N–H and O–H groups in total. The largest absolute Gasteiger partial charge is 0.466 e. The highest BCUT2D eigenvalue weighted by atomic mass is 32.1. The van der Waals surface area contributed by atoms with Gasteiger partial charge in [-0.3, -0.25) is 14.9 Å². The molecule has 0 bridgehead atoms. The van der Waals surface area contributed by atoms with Gasteiger partial charge in [0.2, 0.25) is 0 Å². The van der Waals surface area contributed by atoms with Gasteiger partial charge in [0.1, 0.15) is 17.6 Å². The fourth-order valence-electron chi connectivity index (χ4n) is 3.41. The number of rotatable bonds is 3. The van der Waals surface area contributed by atoms with Crippen LogP contribution in [0.3, 0.4) is 0 Å². The maximum absolute atomic E-state index is 12.8. The first-order valence-electron chi connectivity index (χ1n) is 8.78. The lowest BCUT2D eigenvalue weighted by Gasteiger charge is -2.25. The van der Waals surface area contributed by atoms with Crippen LogP contribution in [0.4, 0.5) is 5.13 Å². The van der Waals surface area contributed by atoms with Crippen molar-refractivity contribution in [3.05, 3.63) is 33.7 Å². The number of nitrogens with zero attached hydrogens (tertiary/aromatic N) is 2. The van der Waals surface area contributed by atoms with Gasteiger partial charge in [-0.15, -0.1) is 0 Å². The highest BCUT2D eigenvalue weighted by molar-refractivity contribution is 7.15. The standard InChI is InChI=1S/C18H21N3O4S/c1-10-8-12(11(2)25-10)17(23)21-6-5-13-15(9-21)26-18(19-13)20-16(22)14-4-3-7-24-14/h8,14H,3-7,9H2,1-2H3,(H,19,20,22). The van der Waals surface area contributed by atoms with E-state index >= 15 is 0 Å². The monoisotopic (exact) mass is 375 g/mol. The Labute approximate surface area is 155 Å². The topological polar surface area (TPSA) is 84.7 Å². The molecular formula is C18H21N3O4S. The van der Waals surface area contributed by atoms with Crippen molar-refractivity contribution in [2.45, 2.75) is 45.8 Å². The molecule has 2 aromatic rings. The quantitative estimate of drug-likeness (QED) is 0.892. The lowest BCUT2D eigenvalue weighted by molar-refractivity contribution is -0.124. The predicted octanol–water partition coefficient (Wildman–Crippen LogP) is 2.67. The maximum Gasteiger partial charge on any atom is 0.257 e. The summed E-state index contributed by atoms with van der Waals surface area (Å²) in [5.41, 5.74) is 1.57. The lowest BCUT2D eigenvalue weighted by Crippen LogP contribution is -2.35. The normalized spacial score (nSPS) is 19.5. The molecule has 2 aliphatic heterocycles. The Balaban J connectivity index is 1.45. The summed E-state index contributed by atoms with van der Waals surface area (Å²) in [5, 5.41) is 3.44. The first-order valence-corrected chi connectivity index (χ1v) is 9.60. The molecule has 26 heavy (non-hydrogen) atoms. The van der Waals surface area contributed by atoms with E-state index in [2.05, 4.69) is 10.3 Å². The number of fused-ring (bicyclic) bond motifs is 1. The molecule has 8 heteroatoms. The van der Waals surface area contributed by atoms with E-state index in [-0.39, 0.29) is 17.9 Å². The molecule has 1 atom stereocenters. The number of carbonyl (C=O) groups excluding carboxylic acids is 2. The molecule has 2 aliphatic rings. The summed E-state index contributed by atoms with van der Waals surface area (Å²) in [6.45, 7) is 5.39. The number of aryl methyl sites for hydroxylation is 2. The Morgan fingerprint density at radius 1 is 1.38 bits per heavy atom. The number of furan rings is 1. The molecule has 1 fully saturated rings. The Hall–Kier alpha value is -2.19. The van der Waals surface area contributed by atoms with Crippen LogP contribution in [0.5, 0.6) is 0 Å². The summed E-state index contributed by atoms with van der Waals surface area (Å²) in [6, 6.07) is 1.78.